The van der Waals surface area contributed by atoms with E-state index in [9.17, 15) is 9.90 Å². The molecule has 0 aliphatic heterocycles. The first kappa shape index (κ1) is 25.3. The maximum absolute atomic E-state index is 11.2. The maximum atomic E-state index is 11.2. The highest BCUT2D eigenvalue weighted by molar-refractivity contribution is 5.71. The molecule has 1 fully saturated rings. The van der Waals surface area contributed by atoms with E-state index in [1.165, 1.54) is 0 Å². The molecule has 3 aromatic carbocycles. The molecule has 0 spiro atoms. The van der Waals surface area contributed by atoms with Gasteiger partial charge in [-0.25, -0.2) is 0 Å². The lowest BCUT2D eigenvalue weighted by molar-refractivity contribution is -0.142. The van der Waals surface area contributed by atoms with Crippen LogP contribution in [0.5, 0.6) is 11.8 Å². The number of carboxylic acids is 1. The molecule has 38 heavy (non-hydrogen) atoms. The van der Waals surface area contributed by atoms with Crippen molar-refractivity contribution in [1.82, 2.24) is 4.98 Å². The molecule has 0 saturated heterocycles. The van der Waals surface area contributed by atoms with Crippen LogP contribution in [0.15, 0.2) is 97.1 Å². The number of carboxylic acid groups (broad SMARTS) is 1. The van der Waals surface area contributed by atoms with Gasteiger partial charge in [-0.1, -0.05) is 72.8 Å². The number of anilines is 1. The fraction of sp³-hybridized carbons (Fsp3) is 0.250. The molecule has 2 N–H and O–H groups in total. The van der Waals surface area contributed by atoms with Crippen molar-refractivity contribution in [3.63, 3.8) is 0 Å². The first-order valence-corrected chi connectivity index (χ1v) is 13.1. The van der Waals surface area contributed by atoms with Crippen LogP contribution >= 0.6 is 0 Å². The van der Waals surface area contributed by atoms with Crippen LogP contribution < -0.4 is 14.8 Å². The zero-order valence-corrected chi connectivity index (χ0v) is 21.3. The van der Waals surface area contributed by atoms with Gasteiger partial charge in [-0.2, -0.15) is 4.98 Å². The summed E-state index contributed by atoms with van der Waals surface area (Å²) in [4.78, 5) is 15.9. The van der Waals surface area contributed by atoms with Crippen molar-refractivity contribution in [3.8, 4) is 22.9 Å². The average molecular weight is 509 g/mol. The van der Waals surface area contributed by atoms with E-state index in [4.69, 9.17) is 14.5 Å². The van der Waals surface area contributed by atoms with E-state index in [1.807, 2.05) is 72.8 Å². The Labute approximate surface area is 223 Å². The van der Waals surface area contributed by atoms with Crippen LogP contribution in [0.2, 0.25) is 0 Å². The van der Waals surface area contributed by atoms with Crippen LogP contribution in [-0.4, -0.2) is 22.1 Å². The van der Waals surface area contributed by atoms with Gasteiger partial charge in [0.15, 0.2) is 0 Å². The van der Waals surface area contributed by atoms with Gasteiger partial charge in [-0.15, -0.1) is 0 Å². The molecule has 0 atom stereocenters. The number of ether oxygens (including phenoxy) is 2. The second-order valence-corrected chi connectivity index (χ2v) is 9.66. The van der Waals surface area contributed by atoms with Gasteiger partial charge in [0.1, 0.15) is 13.2 Å². The number of nitrogens with one attached hydrogen (secondary N) is 1. The van der Waals surface area contributed by atoms with Crippen molar-refractivity contribution in [1.29, 1.82) is 0 Å². The minimum Gasteiger partial charge on any atom is -0.481 e. The highest BCUT2D eigenvalue weighted by atomic mass is 16.5. The van der Waals surface area contributed by atoms with Crippen LogP contribution in [0.3, 0.4) is 0 Å². The molecule has 0 amide bonds. The Balaban J connectivity index is 1.30. The van der Waals surface area contributed by atoms with Gasteiger partial charge in [-0.05, 0) is 60.6 Å². The lowest BCUT2D eigenvalue weighted by Crippen LogP contribution is -2.29. The number of hydrogen-bond acceptors (Lipinski definition) is 5. The Morgan fingerprint density at radius 1 is 0.763 bits per heavy atom. The molecular weight excluding hydrogens is 476 g/mol. The van der Waals surface area contributed by atoms with Gasteiger partial charge in [0.05, 0.1) is 5.92 Å². The molecule has 4 aromatic rings. The zero-order valence-electron chi connectivity index (χ0n) is 21.3. The number of hydrogen-bond donors (Lipinski definition) is 2. The molecule has 1 aliphatic carbocycles. The number of carbonyl (C=O) groups is 1. The van der Waals surface area contributed by atoms with E-state index in [0.717, 1.165) is 53.6 Å². The van der Waals surface area contributed by atoms with Crippen molar-refractivity contribution in [2.24, 2.45) is 5.92 Å². The van der Waals surface area contributed by atoms with Gasteiger partial charge in [-0.3, -0.25) is 4.79 Å². The van der Waals surface area contributed by atoms with Crippen LogP contribution in [0.25, 0.3) is 11.1 Å². The van der Waals surface area contributed by atoms with Crippen molar-refractivity contribution in [2.45, 2.75) is 44.9 Å². The summed E-state index contributed by atoms with van der Waals surface area (Å²) >= 11 is 0. The third kappa shape index (κ3) is 6.71. The van der Waals surface area contributed by atoms with Crippen LogP contribution in [0, 0.1) is 5.92 Å². The Morgan fingerprint density at radius 3 is 1.97 bits per heavy atom. The highest BCUT2D eigenvalue weighted by Gasteiger charge is 2.25. The quantitative estimate of drug-likeness (QED) is 0.241. The molecule has 0 radical (unpaired) electrons. The summed E-state index contributed by atoms with van der Waals surface area (Å²) in [5.41, 5.74) is 5.05. The smallest absolute Gasteiger partial charge is 0.306 e. The third-order valence-electron chi connectivity index (χ3n) is 6.93. The van der Waals surface area contributed by atoms with Crippen molar-refractivity contribution in [3.05, 3.63) is 108 Å². The molecule has 0 bridgehead atoms. The van der Waals surface area contributed by atoms with Crippen molar-refractivity contribution < 1.29 is 19.4 Å². The number of pyridine rings is 1. The second-order valence-electron chi connectivity index (χ2n) is 9.66. The summed E-state index contributed by atoms with van der Waals surface area (Å²) < 4.78 is 12.2. The molecule has 6 nitrogen and oxygen atoms in total. The first-order valence-electron chi connectivity index (χ1n) is 13.1. The van der Waals surface area contributed by atoms with Crippen LogP contribution in [-0.2, 0) is 18.0 Å². The lowest BCUT2D eigenvalue weighted by atomic mass is 9.86. The third-order valence-corrected chi connectivity index (χ3v) is 6.93. The number of aromatic nitrogens is 1. The summed E-state index contributed by atoms with van der Waals surface area (Å²) in [5.74, 6) is 0.142. The van der Waals surface area contributed by atoms with E-state index in [2.05, 4.69) is 29.6 Å². The number of nitrogens with zero attached hydrogens (tertiary/aromatic N) is 1. The van der Waals surface area contributed by atoms with E-state index < -0.39 is 5.97 Å². The van der Waals surface area contributed by atoms with Gasteiger partial charge in [0.25, 0.3) is 0 Å². The Morgan fingerprint density at radius 2 is 1.37 bits per heavy atom. The predicted molar refractivity (Wildman–Crippen MR) is 148 cm³/mol. The van der Waals surface area contributed by atoms with Crippen molar-refractivity contribution >= 4 is 11.7 Å². The van der Waals surface area contributed by atoms with E-state index >= 15 is 0 Å². The topological polar surface area (TPSA) is 80.7 Å². The first-order chi connectivity index (χ1) is 18.6. The van der Waals surface area contributed by atoms with E-state index in [1.54, 1.807) is 0 Å². The van der Waals surface area contributed by atoms with Crippen LogP contribution in [0.4, 0.5) is 5.69 Å². The molecule has 1 heterocycles. The Kier molecular flexibility index (Phi) is 8.19. The largest absolute Gasteiger partial charge is 0.481 e. The molecule has 5 rings (SSSR count). The maximum Gasteiger partial charge on any atom is 0.306 e. The summed E-state index contributed by atoms with van der Waals surface area (Å²) in [6.07, 6.45) is 3.17. The number of benzene rings is 3. The lowest BCUT2D eigenvalue weighted by Gasteiger charge is -2.27. The second kappa shape index (κ2) is 12.3. The van der Waals surface area contributed by atoms with Crippen molar-refractivity contribution in [2.75, 3.05) is 5.32 Å². The SMILES string of the molecule is O=C(O)[C@H]1CC[C@H](Nc2ccc(-c3ccc(OCc4ccccc4)nc3OCc3ccccc3)cc2)CC1. The summed E-state index contributed by atoms with van der Waals surface area (Å²) in [7, 11) is 0. The molecule has 1 aromatic heterocycles. The fourth-order valence-corrected chi connectivity index (χ4v) is 4.76. The van der Waals surface area contributed by atoms with Gasteiger partial charge in [0, 0.05) is 23.4 Å². The fourth-order valence-electron chi connectivity index (χ4n) is 4.76. The Hall–Kier alpha value is -4.32. The highest BCUT2D eigenvalue weighted by Crippen LogP contribution is 2.33. The normalized spacial score (nSPS) is 16.9. The predicted octanol–water partition coefficient (Wildman–Crippen LogP) is 6.96. The standard InChI is InChI=1S/C32H32N2O4/c35-32(36)26-13-17-28(18-14-26)33-27-15-11-25(12-16-27)29-19-20-30(37-21-23-7-3-1-4-8-23)34-31(29)38-22-24-9-5-2-6-10-24/h1-12,15-16,19-20,26,28,33H,13-14,17-18,21-22H2,(H,35,36)/t26-,28-. The van der Waals surface area contributed by atoms with Gasteiger partial charge >= 0.3 is 5.97 Å². The molecule has 1 saturated carbocycles. The number of aliphatic carboxylic acids is 1. The minimum absolute atomic E-state index is 0.211. The minimum atomic E-state index is -0.678. The average Bonchev–Trinajstić information content (AvgIpc) is 2.97. The van der Waals surface area contributed by atoms with Crippen LogP contribution in [0.1, 0.15) is 36.8 Å². The van der Waals surface area contributed by atoms with Gasteiger partial charge in [0.2, 0.25) is 11.8 Å². The zero-order chi connectivity index (χ0) is 26.2. The number of rotatable bonds is 10. The van der Waals surface area contributed by atoms with E-state index in [0.29, 0.717) is 31.0 Å². The Bertz CT molecular complexity index is 1320. The molecule has 0 unspecified atom stereocenters. The molecule has 194 valence electrons. The monoisotopic (exact) mass is 508 g/mol. The summed E-state index contributed by atoms with van der Waals surface area (Å²) in [5, 5.41) is 12.8. The summed E-state index contributed by atoms with van der Waals surface area (Å²) in [6, 6.07) is 32.4. The molecule has 1 aliphatic rings. The summed E-state index contributed by atoms with van der Waals surface area (Å²) in [6.45, 7) is 0.835. The molecular formula is C32H32N2O4. The van der Waals surface area contributed by atoms with E-state index in [-0.39, 0.29) is 5.92 Å². The molecule has 6 heteroatoms. The van der Waals surface area contributed by atoms with Gasteiger partial charge < -0.3 is 19.9 Å².